The van der Waals surface area contributed by atoms with Gasteiger partial charge in [0.2, 0.25) is 17.6 Å². The Hall–Kier alpha value is -3.88. The highest BCUT2D eigenvalue weighted by Crippen LogP contribution is 2.30. The van der Waals surface area contributed by atoms with Gasteiger partial charge >= 0.3 is 6.09 Å². The SMILES string of the molecule is COc1ccc(-c2noc(CCC(=O)N3CCC(N4CC(c5ccccc5)OC4=O)CC3)n2)cc1. The van der Waals surface area contributed by atoms with Gasteiger partial charge in [0.25, 0.3) is 0 Å². The molecule has 1 aromatic heterocycles. The first-order chi connectivity index (χ1) is 17.1. The second kappa shape index (κ2) is 10.2. The van der Waals surface area contributed by atoms with Crippen LogP contribution in [0, 0.1) is 0 Å². The summed E-state index contributed by atoms with van der Waals surface area (Å²) in [6.45, 7) is 1.78. The van der Waals surface area contributed by atoms with Gasteiger partial charge in [-0.15, -0.1) is 0 Å². The summed E-state index contributed by atoms with van der Waals surface area (Å²) in [5.41, 5.74) is 1.83. The summed E-state index contributed by atoms with van der Waals surface area (Å²) >= 11 is 0. The van der Waals surface area contributed by atoms with Crippen LogP contribution >= 0.6 is 0 Å². The van der Waals surface area contributed by atoms with Gasteiger partial charge in [0.15, 0.2) is 0 Å². The second-order valence-electron chi connectivity index (χ2n) is 8.79. The number of nitrogens with zero attached hydrogens (tertiary/aromatic N) is 4. The zero-order valence-electron chi connectivity index (χ0n) is 19.6. The number of likely N-dealkylation sites (tertiary alicyclic amines) is 1. The molecule has 0 radical (unpaired) electrons. The van der Waals surface area contributed by atoms with Gasteiger partial charge in [-0.1, -0.05) is 35.5 Å². The largest absolute Gasteiger partial charge is 0.497 e. The van der Waals surface area contributed by atoms with Crippen molar-refractivity contribution >= 4 is 12.0 Å². The summed E-state index contributed by atoms with van der Waals surface area (Å²) in [7, 11) is 1.61. The number of methoxy groups -OCH3 is 1. The van der Waals surface area contributed by atoms with E-state index in [9.17, 15) is 9.59 Å². The minimum Gasteiger partial charge on any atom is -0.497 e. The van der Waals surface area contributed by atoms with Crippen LogP contribution in [0.3, 0.4) is 0 Å². The molecule has 2 fully saturated rings. The van der Waals surface area contributed by atoms with Crippen molar-refractivity contribution in [3.63, 3.8) is 0 Å². The number of hydrogen-bond acceptors (Lipinski definition) is 7. The van der Waals surface area contributed by atoms with E-state index in [-0.39, 0.29) is 24.1 Å². The molecule has 2 amide bonds. The van der Waals surface area contributed by atoms with Crippen LogP contribution in [0.15, 0.2) is 59.1 Å². The van der Waals surface area contributed by atoms with Gasteiger partial charge in [-0.25, -0.2) is 4.79 Å². The van der Waals surface area contributed by atoms with Gasteiger partial charge in [-0.05, 0) is 42.7 Å². The van der Waals surface area contributed by atoms with Crippen LogP contribution in [0.25, 0.3) is 11.4 Å². The van der Waals surface area contributed by atoms with E-state index < -0.39 is 0 Å². The van der Waals surface area contributed by atoms with E-state index in [1.807, 2.05) is 64.4 Å². The fourth-order valence-corrected chi connectivity index (χ4v) is 4.63. The Bertz CT molecular complexity index is 1160. The lowest BCUT2D eigenvalue weighted by Crippen LogP contribution is -2.47. The van der Waals surface area contributed by atoms with Gasteiger partial charge in [0, 0.05) is 37.5 Å². The monoisotopic (exact) mass is 476 g/mol. The molecular weight excluding hydrogens is 448 g/mol. The maximum Gasteiger partial charge on any atom is 0.410 e. The Morgan fingerprint density at radius 1 is 1.09 bits per heavy atom. The molecule has 1 atom stereocenters. The second-order valence-corrected chi connectivity index (χ2v) is 8.79. The zero-order valence-corrected chi connectivity index (χ0v) is 19.6. The fraction of sp³-hybridized carbons (Fsp3) is 0.385. The smallest absolute Gasteiger partial charge is 0.410 e. The van der Waals surface area contributed by atoms with E-state index in [4.69, 9.17) is 14.0 Å². The van der Waals surface area contributed by atoms with Crippen LogP contribution in [0.4, 0.5) is 4.79 Å². The molecule has 0 saturated carbocycles. The molecule has 9 heteroatoms. The summed E-state index contributed by atoms with van der Waals surface area (Å²) in [6.07, 6.45) is 1.67. The van der Waals surface area contributed by atoms with Crippen molar-refractivity contribution in [2.24, 2.45) is 0 Å². The predicted octanol–water partition coefficient (Wildman–Crippen LogP) is 3.86. The van der Waals surface area contributed by atoms with E-state index in [1.165, 1.54) is 0 Å². The van der Waals surface area contributed by atoms with E-state index in [2.05, 4.69) is 10.1 Å². The van der Waals surface area contributed by atoms with Crippen LogP contribution in [0.1, 0.15) is 36.8 Å². The molecule has 0 N–H and O–H groups in total. The van der Waals surface area contributed by atoms with Crippen molar-refractivity contribution in [2.75, 3.05) is 26.7 Å². The minimum atomic E-state index is -0.271. The molecule has 5 rings (SSSR count). The maximum atomic E-state index is 12.8. The highest BCUT2D eigenvalue weighted by atomic mass is 16.6. The van der Waals surface area contributed by atoms with Crippen molar-refractivity contribution in [1.29, 1.82) is 0 Å². The molecule has 1 unspecified atom stereocenters. The first-order valence-electron chi connectivity index (χ1n) is 11.9. The standard InChI is InChI=1S/C26H28N4O5/c1-33-21-9-7-19(8-10-21)25-27-23(35-28-25)11-12-24(31)29-15-13-20(14-16-29)30-17-22(34-26(30)32)18-5-3-2-4-6-18/h2-10,20,22H,11-17H2,1H3. The number of amides is 2. The Morgan fingerprint density at radius 3 is 2.54 bits per heavy atom. The predicted molar refractivity (Wildman–Crippen MR) is 127 cm³/mol. The van der Waals surface area contributed by atoms with Crippen LogP contribution in [-0.4, -0.2) is 64.7 Å². The third-order valence-electron chi connectivity index (χ3n) is 6.64. The van der Waals surface area contributed by atoms with Crippen LogP contribution in [0.5, 0.6) is 5.75 Å². The minimum absolute atomic E-state index is 0.0545. The number of hydrogen-bond donors (Lipinski definition) is 0. The third kappa shape index (κ3) is 5.13. The normalized spacial score (nSPS) is 18.5. The molecule has 3 heterocycles. The number of carbonyl (C=O) groups excluding carboxylic acids is 2. The van der Waals surface area contributed by atoms with Gasteiger partial charge in [0.05, 0.1) is 13.7 Å². The van der Waals surface area contributed by atoms with E-state index in [1.54, 1.807) is 7.11 Å². The van der Waals surface area contributed by atoms with Gasteiger partial charge in [0.1, 0.15) is 11.9 Å². The molecule has 2 aliphatic rings. The van der Waals surface area contributed by atoms with Crippen LogP contribution < -0.4 is 4.74 Å². The Balaban J connectivity index is 1.09. The first-order valence-corrected chi connectivity index (χ1v) is 11.9. The lowest BCUT2D eigenvalue weighted by atomic mass is 10.0. The average molecular weight is 477 g/mol. The first kappa shape index (κ1) is 22.9. The number of aryl methyl sites for hydroxylation is 1. The number of aromatic nitrogens is 2. The highest BCUT2D eigenvalue weighted by Gasteiger charge is 2.38. The zero-order chi connectivity index (χ0) is 24.2. The van der Waals surface area contributed by atoms with Crippen molar-refractivity contribution in [1.82, 2.24) is 19.9 Å². The average Bonchev–Trinajstić information content (AvgIpc) is 3.55. The lowest BCUT2D eigenvalue weighted by molar-refractivity contribution is -0.132. The Morgan fingerprint density at radius 2 is 1.83 bits per heavy atom. The van der Waals surface area contributed by atoms with Gasteiger partial charge in [-0.2, -0.15) is 4.98 Å². The quantitative estimate of drug-likeness (QED) is 0.511. The van der Waals surface area contributed by atoms with E-state index in [0.717, 1.165) is 29.7 Å². The maximum absolute atomic E-state index is 12.8. The summed E-state index contributed by atoms with van der Waals surface area (Å²) in [5.74, 6) is 1.73. The molecule has 2 aliphatic heterocycles. The number of benzene rings is 2. The number of ether oxygens (including phenoxy) is 2. The van der Waals surface area contributed by atoms with Crippen LogP contribution in [0.2, 0.25) is 0 Å². The van der Waals surface area contributed by atoms with Gasteiger partial charge < -0.3 is 23.8 Å². The molecule has 0 aliphatic carbocycles. The summed E-state index contributed by atoms with van der Waals surface area (Å²) in [4.78, 5) is 33.3. The molecular formula is C26H28N4O5. The van der Waals surface area contributed by atoms with Crippen molar-refractivity contribution < 1.29 is 23.6 Å². The molecule has 9 nitrogen and oxygen atoms in total. The molecule has 35 heavy (non-hydrogen) atoms. The topological polar surface area (TPSA) is 98.0 Å². The molecule has 3 aromatic rings. The van der Waals surface area contributed by atoms with Crippen LogP contribution in [-0.2, 0) is 16.0 Å². The van der Waals surface area contributed by atoms with E-state index in [0.29, 0.717) is 44.2 Å². The molecule has 0 spiro atoms. The van der Waals surface area contributed by atoms with Gasteiger partial charge in [-0.3, -0.25) is 4.79 Å². The number of carbonyl (C=O) groups is 2. The molecule has 2 saturated heterocycles. The Kier molecular flexibility index (Phi) is 6.65. The number of piperidine rings is 1. The number of rotatable bonds is 7. The molecule has 2 aromatic carbocycles. The lowest BCUT2D eigenvalue weighted by Gasteiger charge is -2.35. The highest BCUT2D eigenvalue weighted by molar-refractivity contribution is 5.76. The molecule has 0 bridgehead atoms. The van der Waals surface area contributed by atoms with Crippen molar-refractivity contribution in [3.05, 3.63) is 66.1 Å². The van der Waals surface area contributed by atoms with Crippen molar-refractivity contribution in [3.8, 4) is 17.1 Å². The Labute approximate surface area is 203 Å². The number of cyclic esters (lactones) is 1. The van der Waals surface area contributed by atoms with Crippen molar-refractivity contribution in [2.45, 2.75) is 37.8 Å². The van der Waals surface area contributed by atoms with E-state index >= 15 is 0 Å². The summed E-state index contributed by atoms with van der Waals surface area (Å²) in [6, 6.07) is 17.3. The third-order valence-corrected chi connectivity index (χ3v) is 6.64. The fourth-order valence-electron chi connectivity index (χ4n) is 4.63. The summed E-state index contributed by atoms with van der Waals surface area (Å²) < 4.78 is 16.1. The molecule has 182 valence electrons. The summed E-state index contributed by atoms with van der Waals surface area (Å²) in [5, 5.41) is 4.02.